The molecule has 3 heterocycles. The van der Waals surface area contributed by atoms with Gasteiger partial charge >= 0.3 is 0 Å². The van der Waals surface area contributed by atoms with Gasteiger partial charge in [0.05, 0.1) is 23.6 Å². The van der Waals surface area contributed by atoms with E-state index >= 15 is 0 Å². The fraction of sp³-hybridized carbons (Fsp3) is 0.560. The third kappa shape index (κ3) is 3.52. The first-order valence-electron chi connectivity index (χ1n) is 11.6. The number of benzene rings is 1. The number of hydrogen-bond donors (Lipinski definition) is 1. The maximum absolute atomic E-state index is 13.7. The summed E-state index contributed by atoms with van der Waals surface area (Å²) in [5, 5.41) is 19.0. The zero-order chi connectivity index (χ0) is 22.5. The van der Waals surface area contributed by atoms with Gasteiger partial charge in [0.1, 0.15) is 11.7 Å². The Labute approximate surface area is 188 Å². The van der Waals surface area contributed by atoms with Crippen LogP contribution in [0.4, 0.5) is 0 Å². The number of rotatable bonds is 4. The molecule has 1 spiro atoms. The van der Waals surface area contributed by atoms with Crippen molar-refractivity contribution in [2.45, 2.75) is 76.5 Å². The summed E-state index contributed by atoms with van der Waals surface area (Å²) in [6.45, 7) is 6.16. The Balaban J connectivity index is 1.41. The van der Waals surface area contributed by atoms with Crippen molar-refractivity contribution in [2.75, 3.05) is 6.54 Å². The van der Waals surface area contributed by atoms with Gasteiger partial charge in [0, 0.05) is 31.0 Å². The summed E-state index contributed by atoms with van der Waals surface area (Å²) in [4.78, 5) is 21.6. The maximum atomic E-state index is 13.7. The van der Waals surface area contributed by atoms with Crippen molar-refractivity contribution in [3.05, 3.63) is 52.9 Å². The van der Waals surface area contributed by atoms with Crippen LogP contribution in [0, 0.1) is 12.8 Å². The number of oxime groups is 1. The minimum absolute atomic E-state index is 0.0339. The van der Waals surface area contributed by atoms with Crippen molar-refractivity contribution in [1.82, 2.24) is 10.1 Å². The van der Waals surface area contributed by atoms with Crippen molar-refractivity contribution < 1.29 is 19.3 Å². The number of aliphatic hydroxyl groups excluding tert-OH is 1. The molecule has 7 heteroatoms. The number of β-amino-alcohol motifs (C(OH)–C–C–N with tert-alkyl or cyclic N) is 1. The average molecular weight is 438 g/mol. The van der Waals surface area contributed by atoms with Crippen LogP contribution in [-0.2, 0) is 21.7 Å². The van der Waals surface area contributed by atoms with E-state index in [0.717, 1.165) is 30.7 Å². The Morgan fingerprint density at radius 3 is 2.88 bits per heavy atom. The molecule has 1 unspecified atom stereocenters. The number of carbonyl (C=O) groups is 1. The summed E-state index contributed by atoms with van der Waals surface area (Å²) in [5.41, 5.74) is 3.67. The summed E-state index contributed by atoms with van der Waals surface area (Å²) < 4.78 is 5.47. The molecule has 2 aliphatic heterocycles. The number of amides is 1. The highest BCUT2D eigenvalue weighted by atomic mass is 16.7. The van der Waals surface area contributed by atoms with Gasteiger partial charge in [-0.05, 0) is 37.7 Å². The van der Waals surface area contributed by atoms with Crippen molar-refractivity contribution in [2.24, 2.45) is 11.1 Å². The molecule has 7 nitrogen and oxygen atoms in total. The molecule has 170 valence electrons. The van der Waals surface area contributed by atoms with E-state index in [1.807, 2.05) is 26.8 Å². The van der Waals surface area contributed by atoms with Crippen LogP contribution in [0.15, 0.2) is 40.0 Å². The number of hydrogen-bond acceptors (Lipinski definition) is 6. The minimum Gasteiger partial charge on any atom is -0.391 e. The fourth-order valence-electron chi connectivity index (χ4n) is 5.66. The monoisotopic (exact) mass is 437 g/mol. The van der Waals surface area contributed by atoms with E-state index in [9.17, 15) is 9.90 Å². The summed E-state index contributed by atoms with van der Waals surface area (Å²) in [6, 6.07) is 9.99. The molecular weight excluding hydrogens is 406 g/mol. The molecule has 2 aromatic rings. The number of aryl methyl sites for hydroxylation is 2. The van der Waals surface area contributed by atoms with E-state index < -0.39 is 17.6 Å². The number of aliphatic hydroxyl groups is 1. The highest BCUT2D eigenvalue weighted by Crippen LogP contribution is 2.46. The van der Waals surface area contributed by atoms with Gasteiger partial charge in [-0.3, -0.25) is 4.79 Å². The van der Waals surface area contributed by atoms with Crippen LogP contribution >= 0.6 is 0 Å². The van der Waals surface area contributed by atoms with E-state index in [0.29, 0.717) is 25.1 Å². The lowest BCUT2D eigenvalue weighted by molar-refractivity contribution is -0.134. The second-order valence-corrected chi connectivity index (χ2v) is 9.84. The molecule has 1 aromatic heterocycles. The topological polar surface area (TPSA) is 88.2 Å². The Morgan fingerprint density at radius 2 is 2.12 bits per heavy atom. The zero-order valence-electron chi connectivity index (χ0n) is 19.0. The number of carbonyl (C=O) groups excluding carboxylic acids is 1. The van der Waals surface area contributed by atoms with Gasteiger partial charge in [-0.15, -0.1) is 0 Å². The van der Waals surface area contributed by atoms with Gasteiger partial charge in [-0.1, -0.05) is 48.4 Å². The molecule has 4 atom stereocenters. The molecule has 1 N–H and O–H groups in total. The SMILES string of the molecule is Cc1cc([C@@H](C(=O)N2C[C@H](O)C[C@H]2C2=NOC3(CCCc4ccccc43)C2)C(C)C)on1. The third-order valence-corrected chi connectivity index (χ3v) is 7.17. The molecule has 1 amide bonds. The fourth-order valence-corrected chi connectivity index (χ4v) is 5.66. The molecule has 5 rings (SSSR count). The van der Waals surface area contributed by atoms with Crippen LogP contribution in [0.5, 0.6) is 0 Å². The van der Waals surface area contributed by atoms with Crippen molar-refractivity contribution >= 4 is 11.6 Å². The Morgan fingerprint density at radius 1 is 1.31 bits per heavy atom. The second-order valence-electron chi connectivity index (χ2n) is 9.84. The largest absolute Gasteiger partial charge is 0.391 e. The predicted octanol–water partition coefficient (Wildman–Crippen LogP) is 3.69. The number of fused-ring (bicyclic) bond motifs is 2. The first kappa shape index (κ1) is 21.2. The number of likely N-dealkylation sites (tertiary alicyclic amines) is 1. The highest BCUT2D eigenvalue weighted by Gasteiger charge is 2.49. The standard InChI is InChI=1S/C25H31N3O4/c1-15(2)23(22-11-16(3)26-31-22)24(30)28-14-18(29)12-21(28)20-13-25(32-27-20)10-6-8-17-7-4-5-9-19(17)25/h4-5,7,9,11,15,18,21,23,29H,6,8,10,12-14H2,1-3H3/t18-,21+,23+,25?/m1/s1. The normalized spacial score (nSPS) is 28.0. The first-order chi connectivity index (χ1) is 15.4. The van der Waals surface area contributed by atoms with Gasteiger partial charge < -0.3 is 19.4 Å². The summed E-state index contributed by atoms with van der Waals surface area (Å²) >= 11 is 0. The molecular formula is C25H31N3O4. The molecule has 32 heavy (non-hydrogen) atoms. The van der Waals surface area contributed by atoms with Crippen molar-refractivity contribution in [3.8, 4) is 0 Å². The smallest absolute Gasteiger partial charge is 0.234 e. The minimum atomic E-state index is -0.578. The molecule has 3 aliphatic rings. The van der Waals surface area contributed by atoms with Gasteiger partial charge in [0.25, 0.3) is 0 Å². The summed E-state index contributed by atoms with van der Waals surface area (Å²) in [6.07, 6.45) is 3.56. The van der Waals surface area contributed by atoms with Gasteiger partial charge in [-0.2, -0.15) is 0 Å². The first-order valence-corrected chi connectivity index (χ1v) is 11.6. The van der Waals surface area contributed by atoms with Gasteiger partial charge in [0.2, 0.25) is 5.91 Å². The van der Waals surface area contributed by atoms with Crippen LogP contribution in [0.25, 0.3) is 0 Å². The van der Waals surface area contributed by atoms with E-state index in [1.54, 1.807) is 4.90 Å². The van der Waals surface area contributed by atoms with Crippen LogP contribution < -0.4 is 0 Å². The quantitative estimate of drug-likeness (QED) is 0.788. The van der Waals surface area contributed by atoms with Gasteiger partial charge in [-0.25, -0.2) is 0 Å². The number of aromatic nitrogens is 1. The zero-order valence-corrected chi connectivity index (χ0v) is 19.0. The lowest BCUT2D eigenvalue weighted by atomic mass is 9.76. The van der Waals surface area contributed by atoms with Crippen LogP contribution in [-0.4, -0.2) is 45.5 Å². The third-order valence-electron chi connectivity index (χ3n) is 7.17. The average Bonchev–Trinajstić information content (AvgIpc) is 3.48. The molecule has 1 fully saturated rings. The molecule has 0 radical (unpaired) electrons. The highest BCUT2D eigenvalue weighted by molar-refractivity contribution is 5.96. The van der Waals surface area contributed by atoms with E-state index in [2.05, 4.69) is 34.6 Å². The van der Waals surface area contributed by atoms with Crippen LogP contribution in [0.1, 0.15) is 68.0 Å². The van der Waals surface area contributed by atoms with Gasteiger partial charge in [0.15, 0.2) is 5.60 Å². The molecule has 1 aromatic carbocycles. The molecule has 0 bridgehead atoms. The second kappa shape index (κ2) is 8.03. The number of nitrogens with zero attached hydrogens (tertiary/aromatic N) is 3. The predicted molar refractivity (Wildman–Crippen MR) is 119 cm³/mol. The maximum Gasteiger partial charge on any atom is 0.234 e. The Kier molecular flexibility index (Phi) is 5.32. The lowest BCUT2D eigenvalue weighted by Gasteiger charge is -2.34. The van der Waals surface area contributed by atoms with Crippen molar-refractivity contribution in [1.29, 1.82) is 0 Å². The van der Waals surface area contributed by atoms with Crippen LogP contribution in [0.2, 0.25) is 0 Å². The Bertz CT molecular complexity index is 1050. The summed E-state index contributed by atoms with van der Waals surface area (Å²) in [7, 11) is 0. The summed E-state index contributed by atoms with van der Waals surface area (Å²) in [5.74, 6) is 0.109. The Hall–Kier alpha value is -2.67. The van der Waals surface area contributed by atoms with E-state index in [-0.39, 0.29) is 17.9 Å². The van der Waals surface area contributed by atoms with Crippen molar-refractivity contribution in [3.63, 3.8) is 0 Å². The molecule has 0 saturated carbocycles. The lowest BCUT2D eigenvalue weighted by Crippen LogP contribution is -2.44. The van der Waals surface area contributed by atoms with Crippen LogP contribution in [0.3, 0.4) is 0 Å². The molecule has 1 aliphatic carbocycles. The van der Waals surface area contributed by atoms with E-state index in [4.69, 9.17) is 9.36 Å². The van der Waals surface area contributed by atoms with E-state index in [1.165, 1.54) is 11.1 Å². The molecule has 1 saturated heterocycles.